The quantitative estimate of drug-likeness (QED) is 0.115. The summed E-state index contributed by atoms with van der Waals surface area (Å²) >= 11 is 0. The summed E-state index contributed by atoms with van der Waals surface area (Å²) in [5, 5.41) is 12.1. The van der Waals surface area contributed by atoms with Crippen LogP contribution < -0.4 is 24.4 Å². The number of ether oxygens (including phenoxy) is 2. The minimum Gasteiger partial charge on any atom is -0.494 e. The zero-order valence-corrected chi connectivity index (χ0v) is 30.4. The molecule has 1 heterocycles. The summed E-state index contributed by atoms with van der Waals surface area (Å²) in [6.45, 7) is 6.79. The highest BCUT2D eigenvalue weighted by Gasteiger charge is 2.35. The van der Waals surface area contributed by atoms with Crippen LogP contribution in [0.4, 0.5) is 11.4 Å². The lowest BCUT2D eigenvalue weighted by molar-refractivity contribution is -0.137. The lowest BCUT2D eigenvalue weighted by Crippen LogP contribution is -2.50. The second kappa shape index (κ2) is 16.8. The number of carbonyl (C=O) groups excluding carboxylic acids is 2. The Kier molecular flexibility index (Phi) is 12.2. The maximum Gasteiger partial charge on any atom is 0.303 e. The molecular weight excluding hydrogens is 683 g/mol. The van der Waals surface area contributed by atoms with Gasteiger partial charge in [0, 0.05) is 18.5 Å². The number of unbranched alkanes of at least 4 members (excludes halogenated alkanes) is 1. The Bertz CT molecular complexity index is 1960. The second-order valence-electron chi connectivity index (χ2n) is 13.7. The zero-order valence-electron chi connectivity index (χ0n) is 29.6. The van der Waals surface area contributed by atoms with Gasteiger partial charge in [0.15, 0.2) is 11.9 Å². The van der Waals surface area contributed by atoms with Gasteiger partial charge in [0.05, 0.1) is 29.4 Å². The van der Waals surface area contributed by atoms with Crippen LogP contribution in [0.15, 0.2) is 102 Å². The molecule has 5 rings (SSSR count). The van der Waals surface area contributed by atoms with Crippen LogP contribution in [-0.2, 0) is 31.4 Å². The topological polar surface area (TPSA) is 151 Å². The van der Waals surface area contributed by atoms with Crippen molar-refractivity contribution in [3.05, 3.63) is 114 Å². The van der Waals surface area contributed by atoms with Crippen molar-refractivity contribution in [3.8, 4) is 11.5 Å². The molecule has 1 aliphatic heterocycles. The molecule has 274 valence electrons. The van der Waals surface area contributed by atoms with Gasteiger partial charge in [0.2, 0.25) is 0 Å². The number of benzene rings is 4. The molecule has 2 amide bonds. The minimum absolute atomic E-state index is 0.0396. The number of aryl methyl sites for hydroxylation is 1. The lowest BCUT2D eigenvalue weighted by Gasteiger charge is -2.36. The molecule has 4 aromatic carbocycles. The molecule has 0 bridgehead atoms. The summed E-state index contributed by atoms with van der Waals surface area (Å²) in [4.78, 5) is 39.8. The second-order valence-corrected chi connectivity index (χ2v) is 15.4. The SMILES string of the molecule is CC(C)(C)c1ccc(S(=O)(=O)NC(=O)C2CN(CCCC(=O)O)c3cccc(NC(=O)c4ccc(OCCCCc5ccccc5)cc4)c3O2)cc1. The first-order valence-electron chi connectivity index (χ1n) is 17.3. The molecule has 0 aromatic heterocycles. The van der Waals surface area contributed by atoms with E-state index in [1.807, 2.05) is 39.0 Å². The molecule has 4 aromatic rings. The normalized spacial score (nSPS) is 14.1. The standard InChI is InChI=1S/C40H45N3O8S/c1-40(2,3)30-19-23-32(24-20-30)52(48,49)42-39(47)35-27-43(25-10-16-36(44)45)34-15-9-14-33(37(34)51-35)41-38(46)29-17-21-31(22-18-29)50-26-8-7-13-28-11-5-4-6-12-28/h4-6,9,11-12,14-15,17-24,35H,7-8,10,13,16,25-27H2,1-3H3,(H,41,46)(H,42,47)(H,44,45). The van der Waals surface area contributed by atoms with Crippen molar-refractivity contribution in [1.29, 1.82) is 0 Å². The summed E-state index contributed by atoms with van der Waals surface area (Å²) in [7, 11) is -4.24. The van der Waals surface area contributed by atoms with Crippen molar-refractivity contribution in [3.63, 3.8) is 0 Å². The van der Waals surface area contributed by atoms with Crippen molar-refractivity contribution in [2.24, 2.45) is 0 Å². The molecule has 3 N–H and O–H groups in total. The molecule has 0 spiro atoms. The van der Waals surface area contributed by atoms with Crippen molar-refractivity contribution >= 4 is 39.2 Å². The van der Waals surface area contributed by atoms with Crippen LogP contribution in [0.5, 0.6) is 11.5 Å². The summed E-state index contributed by atoms with van der Waals surface area (Å²) in [6.07, 6.45) is 1.73. The Hall–Kier alpha value is -5.36. The molecule has 0 saturated carbocycles. The molecular formula is C40H45N3O8S. The van der Waals surface area contributed by atoms with Crippen molar-refractivity contribution in [2.75, 3.05) is 29.9 Å². The van der Waals surface area contributed by atoms with E-state index < -0.39 is 33.9 Å². The van der Waals surface area contributed by atoms with E-state index in [2.05, 4.69) is 22.2 Å². The Balaban J connectivity index is 1.26. The van der Waals surface area contributed by atoms with Gasteiger partial charge in [-0.25, -0.2) is 13.1 Å². The fourth-order valence-electron chi connectivity index (χ4n) is 5.80. The number of anilines is 2. The number of hydrogen-bond acceptors (Lipinski definition) is 8. The largest absolute Gasteiger partial charge is 0.494 e. The van der Waals surface area contributed by atoms with E-state index >= 15 is 0 Å². The number of amides is 2. The molecule has 11 nitrogen and oxygen atoms in total. The maximum atomic E-state index is 13.5. The molecule has 0 saturated heterocycles. The molecule has 0 radical (unpaired) electrons. The van der Waals surface area contributed by atoms with Gasteiger partial charge in [-0.1, -0.05) is 69.3 Å². The van der Waals surface area contributed by atoms with Crippen molar-refractivity contribution < 1.29 is 37.4 Å². The first-order valence-corrected chi connectivity index (χ1v) is 18.8. The van der Waals surface area contributed by atoms with Gasteiger partial charge >= 0.3 is 5.97 Å². The van der Waals surface area contributed by atoms with Crippen molar-refractivity contribution in [1.82, 2.24) is 4.72 Å². The highest BCUT2D eigenvalue weighted by Crippen LogP contribution is 2.40. The first-order chi connectivity index (χ1) is 24.8. The molecule has 1 unspecified atom stereocenters. The van der Waals surface area contributed by atoms with Crippen LogP contribution in [-0.4, -0.2) is 57.1 Å². The molecule has 0 fully saturated rings. The summed E-state index contributed by atoms with van der Waals surface area (Å²) in [5.74, 6) is -1.49. The number of carboxylic acids is 1. The molecule has 1 aliphatic rings. The lowest BCUT2D eigenvalue weighted by atomic mass is 9.87. The summed E-state index contributed by atoms with van der Waals surface area (Å²) in [6, 6.07) is 28.4. The van der Waals surface area contributed by atoms with Crippen molar-refractivity contribution in [2.45, 2.75) is 69.3 Å². The third-order valence-electron chi connectivity index (χ3n) is 8.69. The Morgan fingerprint density at radius 2 is 1.60 bits per heavy atom. The van der Waals surface area contributed by atoms with Crippen LogP contribution in [0.25, 0.3) is 0 Å². The first kappa shape index (κ1) is 37.9. The number of fused-ring (bicyclic) bond motifs is 1. The smallest absolute Gasteiger partial charge is 0.303 e. The van der Waals surface area contributed by atoms with Crippen LogP contribution >= 0.6 is 0 Å². The highest BCUT2D eigenvalue weighted by atomic mass is 32.2. The van der Waals surface area contributed by atoms with Gasteiger partial charge in [-0.3, -0.25) is 14.4 Å². The van der Waals surface area contributed by atoms with Gasteiger partial charge in [-0.2, -0.15) is 0 Å². The third kappa shape index (κ3) is 10.1. The van der Waals surface area contributed by atoms with Gasteiger partial charge in [-0.05, 0) is 90.8 Å². The monoisotopic (exact) mass is 727 g/mol. The van der Waals surface area contributed by atoms with Gasteiger partial charge < -0.3 is 24.8 Å². The summed E-state index contributed by atoms with van der Waals surface area (Å²) in [5.41, 5.74) is 3.20. The number of aliphatic carboxylic acids is 1. The van der Waals surface area contributed by atoms with E-state index in [9.17, 15) is 27.9 Å². The van der Waals surface area contributed by atoms with E-state index in [1.54, 1.807) is 59.5 Å². The number of carboxylic acid groups (broad SMARTS) is 1. The van der Waals surface area contributed by atoms with E-state index in [0.29, 0.717) is 23.6 Å². The van der Waals surface area contributed by atoms with Crippen LogP contribution in [0.3, 0.4) is 0 Å². The molecule has 1 atom stereocenters. The molecule has 12 heteroatoms. The Labute approximate surface area is 305 Å². The van der Waals surface area contributed by atoms with Crippen LogP contribution in [0, 0.1) is 0 Å². The maximum absolute atomic E-state index is 13.5. The van der Waals surface area contributed by atoms with E-state index in [0.717, 1.165) is 24.8 Å². The number of sulfonamides is 1. The predicted molar refractivity (Wildman–Crippen MR) is 200 cm³/mol. The predicted octanol–water partition coefficient (Wildman–Crippen LogP) is 6.58. The summed E-state index contributed by atoms with van der Waals surface area (Å²) < 4.78 is 40.6. The average Bonchev–Trinajstić information content (AvgIpc) is 3.11. The van der Waals surface area contributed by atoms with Crippen LogP contribution in [0.1, 0.15) is 67.9 Å². The fraction of sp³-hybridized carbons (Fsp3) is 0.325. The molecule has 0 aliphatic carbocycles. The zero-order chi connectivity index (χ0) is 37.3. The number of nitrogens with zero attached hydrogens (tertiary/aromatic N) is 1. The number of nitrogens with one attached hydrogen (secondary N) is 2. The van der Waals surface area contributed by atoms with E-state index in [4.69, 9.17) is 9.47 Å². The molecule has 52 heavy (non-hydrogen) atoms. The van der Waals surface area contributed by atoms with Crippen LogP contribution in [0.2, 0.25) is 0 Å². The number of para-hydroxylation sites is 1. The minimum atomic E-state index is -4.24. The van der Waals surface area contributed by atoms with E-state index in [1.165, 1.54) is 17.7 Å². The third-order valence-corrected chi connectivity index (χ3v) is 10.1. The fourth-order valence-corrected chi connectivity index (χ4v) is 6.81. The van der Waals surface area contributed by atoms with Gasteiger partial charge in [-0.15, -0.1) is 0 Å². The average molecular weight is 728 g/mol. The Morgan fingerprint density at radius 3 is 2.27 bits per heavy atom. The number of rotatable bonds is 15. The number of hydrogen-bond donors (Lipinski definition) is 3. The number of carbonyl (C=O) groups is 3. The van der Waals surface area contributed by atoms with E-state index in [-0.39, 0.29) is 47.7 Å². The van der Waals surface area contributed by atoms with Gasteiger partial charge in [0.25, 0.3) is 21.8 Å². The highest BCUT2D eigenvalue weighted by molar-refractivity contribution is 7.90. The van der Waals surface area contributed by atoms with Gasteiger partial charge in [0.1, 0.15) is 5.75 Å². The Morgan fingerprint density at radius 1 is 0.885 bits per heavy atom.